The van der Waals surface area contributed by atoms with E-state index >= 15 is 0 Å². The molecule has 1 heterocycles. The average molecular weight is 477 g/mol. The van der Waals surface area contributed by atoms with Crippen molar-refractivity contribution in [3.8, 4) is 11.5 Å². The zero-order chi connectivity index (χ0) is 24.7. The second-order valence-electron chi connectivity index (χ2n) is 8.39. The van der Waals surface area contributed by atoms with E-state index in [1.165, 1.54) is 7.11 Å². The highest BCUT2D eigenvalue weighted by Gasteiger charge is 2.47. The molecule has 0 aromatic heterocycles. The van der Waals surface area contributed by atoms with Gasteiger partial charge in [-0.05, 0) is 55.8 Å². The molecule has 2 aromatic carbocycles. The van der Waals surface area contributed by atoms with Crippen molar-refractivity contribution in [2.24, 2.45) is 0 Å². The molecule has 2 N–H and O–H groups in total. The third-order valence-electron chi connectivity index (χ3n) is 5.37. The highest BCUT2D eigenvalue weighted by molar-refractivity contribution is 5.89. The molecule has 0 bridgehead atoms. The molecule has 0 aliphatic carbocycles. The van der Waals surface area contributed by atoms with Crippen molar-refractivity contribution in [3.05, 3.63) is 59.7 Å². The number of hydrogen-bond donors (Lipinski definition) is 2. The van der Waals surface area contributed by atoms with Crippen LogP contribution in [-0.4, -0.2) is 73.8 Å². The van der Waals surface area contributed by atoms with E-state index in [1.54, 1.807) is 45.2 Å². The van der Waals surface area contributed by atoms with Gasteiger partial charge < -0.3 is 38.6 Å². The Hall–Kier alpha value is -2.69. The highest BCUT2D eigenvalue weighted by atomic mass is 16.8. The predicted molar refractivity (Wildman–Crippen MR) is 122 cm³/mol. The van der Waals surface area contributed by atoms with Crippen LogP contribution in [0, 0.1) is 0 Å². The maximum absolute atomic E-state index is 12.2. The molecular formula is C25H32O9. The van der Waals surface area contributed by atoms with Gasteiger partial charge in [0.2, 0.25) is 0 Å². The van der Waals surface area contributed by atoms with E-state index < -0.39 is 42.8 Å². The van der Waals surface area contributed by atoms with Crippen LogP contribution in [-0.2, 0) is 25.6 Å². The molecule has 0 amide bonds. The molecule has 4 atom stereocenters. The number of benzene rings is 2. The molecule has 34 heavy (non-hydrogen) atoms. The van der Waals surface area contributed by atoms with Crippen molar-refractivity contribution < 1.29 is 43.4 Å². The van der Waals surface area contributed by atoms with Crippen LogP contribution in [0.5, 0.6) is 11.5 Å². The summed E-state index contributed by atoms with van der Waals surface area (Å²) in [6, 6.07) is 13.8. The summed E-state index contributed by atoms with van der Waals surface area (Å²) in [5.41, 5.74) is 1.25. The maximum atomic E-state index is 12.2. The van der Waals surface area contributed by atoms with Crippen molar-refractivity contribution in [1.82, 2.24) is 0 Å². The minimum absolute atomic E-state index is 0.134. The summed E-state index contributed by atoms with van der Waals surface area (Å²) in [6.45, 7) is 3.48. The van der Waals surface area contributed by atoms with Gasteiger partial charge in [-0.1, -0.05) is 12.1 Å². The number of ether oxygens (including phenoxy) is 6. The van der Waals surface area contributed by atoms with Crippen LogP contribution in [0.1, 0.15) is 29.8 Å². The quantitative estimate of drug-likeness (QED) is 0.472. The van der Waals surface area contributed by atoms with Gasteiger partial charge in [-0.3, -0.25) is 0 Å². The summed E-state index contributed by atoms with van der Waals surface area (Å²) in [7, 11) is 3.13. The van der Waals surface area contributed by atoms with Crippen LogP contribution < -0.4 is 9.47 Å². The van der Waals surface area contributed by atoms with Crippen molar-refractivity contribution in [2.45, 2.75) is 50.7 Å². The monoisotopic (exact) mass is 476 g/mol. The predicted octanol–water partition coefficient (Wildman–Crippen LogP) is 2.32. The van der Waals surface area contributed by atoms with E-state index in [-0.39, 0.29) is 6.61 Å². The lowest BCUT2D eigenvalue weighted by Gasteiger charge is -2.26. The fourth-order valence-corrected chi connectivity index (χ4v) is 3.59. The Bertz CT molecular complexity index is 911. The summed E-state index contributed by atoms with van der Waals surface area (Å²) in [4.78, 5) is 12.2. The smallest absolute Gasteiger partial charge is 0.338 e. The van der Waals surface area contributed by atoms with Crippen LogP contribution in [0.3, 0.4) is 0 Å². The molecule has 0 radical (unpaired) electrons. The molecule has 3 rings (SSSR count). The van der Waals surface area contributed by atoms with E-state index in [0.717, 1.165) is 11.3 Å². The van der Waals surface area contributed by atoms with Crippen LogP contribution in [0.2, 0.25) is 0 Å². The second-order valence-corrected chi connectivity index (χ2v) is 8.39. The zero-order valence-corrected chi connectivity index (χ0v) is 19.8. The topological polar surface area (TPSA) is 113 Å². The Morgan fingerprint density at radius 1 is 0.971 bits per heavy atom. The molecule has 186 valence electrons. The molecule has 1 aliphatic rings. The Balaban J connectivity index is 1.52. The maximum Gasteiger partial charge on any atom is 0.338 e. The number of rotatable bonds is 11. The van der Waals surface area contributed by atoms with Crippen LogP contribution in [0.4, 0.5) is 0 Å². The highest BCUT2D eigenvalue weighted by Crippen LogP contribution is 2.31. The van der Waals surface area contributed by atoms with Gasteiger partial charge in [-0.25, -0.2) is 4.79 Å². The van der Waals surface area contributed by atoms with Crippen LogP contribution in [0.15, 0.2) is 48.5 Å². The van der Waals surface area contributed by atoms with Gasteiger partial charge in [0.1, 0.15) is 42.5 Å². The van der Waals surface area contributed by atoms with E-state index in [9.17, 15) is 15.0 Å². The Kier molecular flexibility index (Phi) is 8.87. The first-order valence-electron chi connectivity index (χ1n) is 11.0. The summed E-state index contributed by atoms with van der Waals surface area (Å²) >= 11 is 0. The Labute approximate surface area is 199 Å². The molecule has 9 nitrogen and oxygen atoms in total. The summed E-state index contributed by atoms with van der Waals surface area (Å²) in [6.07, 6.45) is -4.25. The fourth-order valence-electron chi connectivity index (χ4n) is 3.59. The van der Waals surface area contributed by atoms with E-state index in [0.29, 0.717) is 17.9 Å². The number of carbonyl (C=O) groups is 1. The molecule has 0 saturated carbocycles. The molecule has 1 aliphatic heterocycles. The fraction of sp³-hybridized carbons (Fsp3) is 0.480. The Morgan fingerprint density at radius 2 is 1.56 bits per heavy atom. The van der Waals surface area contributed by atoms with E-state index in [2.05, 4.69) is 0 Å². The first kappa shape index (κ1) is 25.9. The molecule has 9 heteroatoms. The third kappa shape index (κ3) is 6.91. The van der Waals surface area contributed by atoms with Gasteiger partial charge in [0.05, 0.1) is 33.0 Å². The number of aliphatic hydroxyl groups is 2. The number of aliphatic hydroxyl groups excluding tert-OH is 2. The number of hydrogen-bond acceptors (Lipinski definition) is 9. The SMILES string of the molecule is COc1ccc(COC[C@@H]2OC(C)(C)O[C@H]2[C@@H](O)[C@H](O)COC(=O)c2ccc(OC)cc2)cc1. The minimum Gasteiger partial charge on any atom is -0.497 e. The summed E-state index contributed by atoms with van der Waals surface area (Å²) in [5, 5.41) is 21.2. The van der Waals surface area contributed by atoms with Crippen molar-refractivity contribution >= 4 is 5.97 Å². The molecule has 0 unspecified atom stereocenters. The van der Waals surface area contributed by atoms with Gasteiger partial charge in [0, 0.05) is 0 Å². The lowest BCUT2D eigenvalue weighted by atomic mass is 10.0. The van der Waals surface area contributed by atoms with Crippen LogP contribution in [0.25, 0.3) is 0 Å². The average Bonchev–Trinajstić information content (AvgIpc) is 3.16. The van der Waals surface area contributed by atoms with Gasteiger partial charge in [0.15, 0.2) is 5.79 Å². The van der Waals surface area contributed by atoms with Gasteiger partial charge in [0.25, 0.3) is 0 Å². The molecule has 2 aromatic rings. The first-order valence-corrected chi connectivity index (χ1v) is 11.0. The van der Waals surface area contributed by atoms with Gasteiger partial charge in [-0.15, -0.1) is 0 Å². The minimum atomic E-state index is -1.38. The largest absolute Gasteiger partial charge is 0.497 e. The molecule has 0 spiro atoms. The molecular weight excluding hydrogens is 444 g/mol. The lowest BCUT2D eigenvalue weighted by molar-refractivity contribution is -0.165. The normalized spacial score (nSPS) is 21.0. The third-order valence-corrected chi connectivity index (χ3v) is 5.37. The summed E-state index contributed by atoms with van der Waals surface area (Å²) in [5.74, 6) is -0.243. The lowest BCUT2D eigenvalue weighted by Crippen LogP contribution is -2.46. The van der Waals surface area contributed by atoms with Crippen molar-refractivity contribution in [1.29, 1.82) is 0 Å². The first-order chi connectivity index (χ1) is 16.2. The standard InChI is InChI=1S/C25H32O9/c1-25(2)33-21(15-31-13-16-5-9-18(29-3)10-6-16)23(34-25)22(27)20(26)14-32-24(28)17-7-11-19(30-4)12-8-17/h5-12,20-23,26-27H,13-15H2,1-4H3/t20-,21+,22+,23-/m1/s1. The number of methoxy groups -OCH3 is 2. The second kappa shape index (κ2) is 11.6. The van der Waals surface area contributed by atoms with Gasteiger partial charge >= 0.3 is 5.97 Å². The molecule has 1 saturated heterocycles. The van der Waals surface area contributed by atoms with E-state index in [4.69, 9.17) is 28.4 Å². The van der Waals surface area contributed by atoms with Crippen molar-refractivity contribution in [2.75, 3.05) is 27.4 Å². The van der Waals surface area contributed by atoms with Crippen molar-refractivity contribution in [3.63, 3.8) is 0 Å². The van der Waals surface area contributed by atoms with E-state index in [1.807, 2.05) is 24.3 Å². The number of carbonyl (C=O) groups excluding carboxylic acids is 1. The summed E-state index contributed by atoms with van der Waals surface area (Å²) < 4.78 is 32.8. The zero-order valence-electron chi connectivity index (χ0n) is 19.8. The molecule has 1 fully saturated rings. The Morgan fingerprint density at radius 3 is 2.15 bits per heavy atom. The van der Waals surface area contributed by atoms with Gasteiger partial charge in [-0.2, -0.15) is 0 Å². The number of esters is 1. The van der Waals surface area contributed by atoms with Crippen LogP contribution >= 0.6 is 0 Å².